The minimum Gasteiger partial charge on any atom is -0.370 e. The molecule has 5 aromatic rings. The number of H-pyrrole nitrogens is 1. The highest BCUT2D eigenvalue weighted by atomic mass is 32.1. The van der Waals surface area contributed by atoms with Gasteiger partial charge >= 0.3 is 0 Å². The number of nitrogens with one attached hydrogen (secondary N) is 2. The minimum atomic E-state index is -0.174. The maximum atomic E-state index is 13.9. The van der Waals surface area contributed by atoms with Crippen molar-refractivity contribution in [3.8, 4) is 11.3 Å². The molecule has 3 aromatic heterocycles. The molecule has 0 aliphatic carbocycles. The molecule has 0 radical (unpaired) electrons. The Bertz CT molecular complexity index is 1370. The van der Waals surface area contributed by atoms with Crippen LogP contribution in [-0.4, -0.2) is 21.5 Å². The summed E-state index contributed by atoms with van der Waals surface area (Å²) in [5.74, 6) is 0.612. The Balaban J connectivity index is 1.35. The van der Waals surface area contributed by atoms with Gasteiger partial charge in [-0.05, 0) is 67.1 Å². The molecule has 5 rings (SSSR count). The number of halogens is 1. The smallest absolute Gasteiger partial charge is 0.129 e. The number of rotatable bonds is 5. The molecule has 0 amide bonds. The van der Waals surface area contributed by atoms with Crippen LogP contribution in [0.4, 0.5) is 10.2 Å². The zero-order valence-electron chi connectivity index (χ0n) is 16.8. The average molecular weight is 417 g/mol. The third-order valence-corrected chi connectivity index (χ3v) is 6.74. The van der Waals surface area contributed by atoms with Gasteiger partial charge in [-0.15, -0.1) is 11.3 Å². The molecule has 2 aromatic carbocycles. The van der Waals surface area contributed by atoms with Crippen molar-refractivity contribution in [1.29, 1.82) is 0 Å². The third kappa shape index (κ3) is 3.44. The fraction of sp³-hybridized carbons (Fsp3) is 0.167. The van der Waals surface area contributed by atoms with E-state index in [9.17, 15) is 4.39 Å². The van der Waals surface area contributed by atoms with E-state index >= 15 is 0 Å². The largest absolute Gasteiger partial charge is 0.370 e. The lowest BCUT2D eigenvalue weighted by Gasteiger charge is -2.08. The molecule has 6 heteroatoms. The van der Waals surface area contributed by atoms with Crippen LogP contribution in [0.25, 0.3) is 32.2 Å². The van der Waals surface area contributed by atoms with Gasteiger partial charge < -0.3 is 10.3 Å². The molecule has 0 unspecified atom stereocenters. The third-order valence-electron chi connectivity index (χ3n) is 5.44. The number of hydrogen-bond acceptors (Lipinski definition) is 4. The first-order chi connectivity index (χ1) is 14.6. The molecule has 0 fully saturated rings. The Hall–Kier alpha value is -3.25. The molecule has 0 atom stereocenters. The summed E-state index contributed by atoms with van der Waals surface area (Å²) in [5, 5.41) is 5.58. The maximum Gasteiger partial charge on any atom is 0.129 e. The van der Waals surface area contributed by atoms with Crippen molar-refractivity contribution < 1.29 is 4.39 Å². The summed E-state index contributed by atoms with van der Waals surface area (Å²) in [6, 6.07) is 13.5. The molecule has 4 nitrogen and oxygen atoms in total. The monoisotopic (exact) mass is 416 g/mol. The average Bonchev–Trinajstić information content (AvgIpc) is 3.33. The van der Waals surface area contributed by atoms with E-state index in [1.807, 2.05) is 19.2 Å². The summed E-state index contributed by atoms with van der Waals surface area (Å²) in [4.78, 5) is 13.2. The first-order valence-electron chi connectivity index (χ1n) is 9.90. The van der Waals surface area contributed by atoms with Crippen molar-refractivity contribution in [2.45, 2.75) is 20.3 Å². The molecular formula is C24H21FN4S. The summed E-state index contributed by atoms with van der Waals surface area (Å²) in [6.45, 7) is 4.80. The van der Waals surface area contributed by atoms with Gasteiger partial charge in [0.1, 0.15) is 18.0 Å². The van der Waals surface area contributed by atoms with Crippen LogP contribution in [0.5, 0.6) is 0 Å². The van der Waals surface area contributed by atoms with Crippen molar-refractivity contribution in [1.82, 2.24) is 15.0 Å². The number of hydrogen-bond donors (Lipinski definition) is 2. The summed E-state index contributed by atoms with van der Waals surface area (Å²) >= 11 is 1.74. The number of anilines is 1. The summed E-state index contributed by atoms with van der Waals surface area (Å²) in [5.41, 5.74) is 5.24. The lowest BCUT2D eigenvalue weighted by Crippen LogP contribution is -2.07. The van der Waals surface area contributed by atoms with E-state index in [-0.39, 0.29) is 5.82 Å². The van der Waals surface area contributed by atoms with Gasteiger partial charge in [-0.1, -0.05) is 6.07 Å². The zero-order chi connectivity index (χ0) is 20.7. The summed E-state index contributed by atoms with van der Waals surface area (Å²) in [6.07, 6.45) is 4.33. The van der Waals surface area contributed by atoms with Crippen molar-refractivity contribution in [3.63, 3.8) is 0 Å². The van der Waals surface area contributed by atoms with Crippen LogP contribution >= 0.6 is 11.3 Å². The van der Waals surface area contributed by atoms with Crippen LogP contribution in [-0.2, 0) is 6.42 Å². The first-order valence-corrected chi connectivity index (χ1v) is 10.7. The Morgan fingerprint density at radius 1 is 1.07 bits per heavy atom. The molecule has 0 aliphatic rings. The van der Waals surface area contributed by atoms with Gasteiger partial charge in [0.2, 0.25) is 0 Å². The van der Waals surface area contributed by atoms with E-state index < -0.39 is 0 Å². The van der Waals surface area contributed by atoms with Gasteiger partial charge in [0.15, 0.2) is 0 Å². The number of aromatic nitrogens is 3. The van der Waals surface area contributed by atoms with Crippen LogP contribution in [0.2, 0.25) is 0 Å². The van der Waals surface area contributed by atoms with E-state index in [0.29, 0.717) is 0 Å². The number of fused-ring (bicyclic) bond motifs is 2. The second-order valence-electron chi connectivity index (χ2n) is 7.48. The van der Waals surface area contributed by atoms with E-state index in [4.69, 9.17) is 0 Å². The predicted molar refractivity (Wildman–Crippen MR) is 123 cm³/mol. The topological polar surface area (TPSA) is 53.6 Å². The number of benzene rings is 2. The Labute approximate surface area is 177 Å². The Morgan fingerprint density at radius 3 is 2.87 bits per heavy atom. The molecule has 0 saturated heterocycles. The zero-order valence-corrected chi connectivity index (χ0v) is 17.6. The molecule has 30 heavy (non-hydrogen) atoms. The second-order valence-corrected chi connectivity index (χ2v) is 8.71. The quantitative estimate of drug-likeness (QED) is 0.356. The minimum absolute atomic E-state index is 0.174. The van der Waals surface area contributed by atoms with Crippen LogP contribution in [0.15, 0.2) is 55.0 Å². The van der Waals surface area contributed by atoms with Gasteiger partial charge in [-0.3, -0.25) is 0 Å². The lowest BCUT2D eigenvalue weighted by molar-refractivity contribution is 0.628. The molecule has 0 bridgehead atoms. The van der Waals surface area contributed by atoms with E-state index in [0.717, 1.165) is 51.9 Å². The van der Waals surface area contributed by atoms with Gasteiger partial charge in [0.05, 0.1) is 5.69 Å². The maximum absolute atomic E-state index is 13.9. The van der Waals surface area contributed by atoms with Gasteiger partial charge in [-0.2, -0.15) is 0 Å². The highest BCUT2D eigenvalue weighted by molar-refractivity contribution is 7.19. The Kier molecular flexibility index (Phi) is 4.71. The highest BCUT2D eigenvalue weighted by Gasteiger charge is 2.12. The van der Waals surface area contributed by atoms with Crippen LogP contribution < -0.4 is 5.32 Å². The Morgan fingerprint density at radius 2 is 1.97 bits per heavy atom. The van der Waals surface area contributed by atoms with Crippen LogP contribution in [0, 0.1) is 19.7 Å². The summed E-state index contributed by atoms with van der Waals surface area (Å²) in [7, 11) is 0. The molecule has 3 heterocycles. The number of nitrogens with zero attached hydrogens (tertiary/aromatic N) is 2. The first kappa shape index (κ1) is 18.8. The fourth-order valence-electron chi connectivity index (χ4n) is 3.94. The van der Waals surface area contributed by atoms with Crippen LogP contribution in [0.3, 0.4) is 0 Å². The van der Waals surface area contributed by atoms with E-state index in [1.54, 1.807) is 29.8 Å². The van der Waals surface area contributed by atoms with E-state index in [1.165, 1.54) is 15.1 Å². The number of aromatic amines is 1. The van der Waals surface area contributed by atoms with Gasteiger partial charge in [0, 0.05) is 44.9 Å². The van der Waals surface area contributed by atoms with Gasteiger partial charge in [-0.25, -0.2) is 14.4 Å². The molecular weight excluding hydrogens is 395 g/mol. The predicted octanol–water partition coefficient (Wildman–Crippen LogP) is 6.25. The van der Waals surface area contributed by atoms with Crippen LogP contribution in [0.1, 0.15) is 16.0 Å². The second kappa shape index (κ2) is 7.54. The van der Waals surface area contributed by atoms with Crippen molar-refractivity contribution in [2.24, 2.45) is 0 Å². The van der Waals surface area contributed by atoms with Crippen molar-refractivity contribution >= 4 is 38.1 Å². The normalized spacial score (nSPS) is 11.4. The molecule has 2 N–H and O–H groups in total. The van der Waals surface area contributed by atoms with E-state index in [2.05, 4.69) is 51.5 Å². The number of aryl methyl sites for hydroxylation is 2. The van der Waals surface area contributed by atoms with Gasteiger partial charge in [0.25, 0.3) is 0 Å². The van der Waals surface area contributed by atoms with Crippen molar-refractivity contribution in [2.75, 3.05) is 11.9 Å². The molecule has 0 saturated carbocycles. The standard InChI is InChI=1S/C24H21FN4S/c1-14-9-18(25)11-20-19(15(2)30-24(14)20)6-8-27-23-12-22(28-13-29-23)16-3-4-21-17(10-16)5-7-26-21/h3-5,7,9-13,26H,6,8H2,1-2H3,(H,27,28,29). The molecule has 0 aliphatic heterocycles. The lowest BCUT2D eigenvalue weighted by atomic mass is 10.1. The molecule has 150 valence electrons. The fourth-order valence-corrected chi connectivity index (χ4v) is 5.10. The number of thiophene rings is 1. The highest BCUT2D eigenvalue weighted by Crippen LogP contribution is 2.34. The van der Waals surface area contributed by atoms with Crippen molar-refractivity contribution in [3.05, 3.63) is 76.8 Å². The molecule has 0 spiro atoms. The SMILES string of the molecule is Cc1sc2c(C)cc(F)cc2c1CCNc1cc(-c2ccc3[nH]ccc3c2)ncn1. The summed E-state index contributed by atoms with van der Waals surface area (Å²) < 4.78 is 15.1.